The predicted octanol–water partition coefficient (Wildman–Crippen LogP) is 8.52. The summed E-state index contributed by atoms with van der Waals surface area (Å²) in [5, 5.41) is 0. The lowest BCUT2D eigenvalue weighted by Crippen LogP contribution is -2.29. The summed E-state index contributed by atoms with van der Waals surface area (Å²) in [6.07, 6.45) is 1.27. The van der Waals surface area contributed by atoms with Crippen molar-refractivity contribution < 1.29 is 20.9 Å². The smallest absolute Gasteiger partial charge is 0.277 e. The molecule has 0 N–H and O–H groups in total. The molecule has 0 aliphatic heterocycles. The lowest BCUT2D eigenvalue weighted by Gasteiger charge is -2.40. The van der Waals surface area contributed by atoms with Crippen molar-refractivity contribution >= 4 is 42.7 Å². The van der Waals surface area contributed by atoms with Gasteiger partial charge in [0.05, 0.1) is 5.75 Å². The molecule has 6 nitrogen and oxygen atoms in total. The van der Waals surface area contributed by atoms with Gasteiger partial charge in [0, 0.05) is 34.5 Å². The van der Waals surface area contributed by atoms with Crippen molar-refractivity contribution in [1.82, 2.24) is 0 Å². The van der Waals surface area contributed by atoms with Gasteiger partial charge in [0.25, 0.3) is 10.1 Å². The molecule has 0 spiro atoms. The molecule has 3 rings (SSSR count). The van der Waals surface area contributed by atoms with Crippen molar-refractivity contribution in [2.24, 2.45) is 0 Å². The van der Waals surface area contributed by atoms with Gasteiger partial charge in [-0.3, -0.25) is 0 Å². The Kier molecular flexibility index (Phi) is 10.3. The average molecular weight is 620 g/mol. The number of unbranched alkanes of at least 4 members (excludes halogenated alkanes) is 1. The van der Waals surface area contributed by atoms with Crippen LogP contribution in [0.1, 0.15) is 19.8 Å². The number of rotatable bonds is 13. The average Bonchev–Trinajstić information content (AvgIpc) is 2.84. The topological polar surface area (TPSA) is 65.1 Å². The summed E-state index contributed by atoms with van der Waals surface area (Å²) in [4.78, 5) is 4.32. The molecule has 3 aromatic rings. The van der Waals surface area contributed by atoms with E-state index in [1.54, 1.807) is 0 Å². The fourth-order valence-electron chi connectivity index (χ4n) is 4.11. The molecule has 10 heteroatoms. The zero-order valence-corrected chi connectivity index (χ0v) is 29.0. The highest BCUT2D eigenvalue weighted by Crippen LogP contribution is 2.70. The second-order valence-corrected chi connectivity index (χ2v) is 25.5. The van der Waals surface area contributed by atoms with E-state index in [1.807, 2.05) is 98.7 Å². The van der Waals surface area contributed by atoms with Crippen LogP contribution in [0.25, 0.3) is 0 Å². The summed E-state index contributed by atoms with van der Waals surface area (Å²) in [6.45, 7) is 14.7. The minimum Gasteiger partial charge on any atom is -0.544 e. The molecule has 0 atom stereocenters. The van der Waals surface area contributed by atoms with Gasteiger partial charge in [-0.25, -0.2) is 3.63 Å². The molecule has 0 aromatic heterocycles. The van der Waals surface area contributed by atoms with Crippen LogP contribution < -0.4 is 13.8 Å². The van der Waals surface area contributed by atoms with Crippen molar-refractivity contribution in [2.45, 2.75) is 73.7 Å². The van der Waals surface area contributed by atoms with Gasteiger partial charge in [-0.05, 0) is 117 Å². The van der Waals surface area contributed by atoms with Crippen LogP contribution in [0.5, 0.6) is 11.5 Å². The summed E-state index contributed by atoms with van der Waals surface area (Å²) < 4.78 is 46.6. The fraction of sp³-hybridized carbons (Fsp3) is 0.400. The zero-order valence-electron chi connectivity index (χ0n) is 25.4. The number of benzene rings is 3. The maximum atomic E-state index is 13.7. The lowest BCUT2D eigenvalue weighted by molar-refractivity contribution is 0.504. The molecule has 220 valence electrons. The number of nitrogens with zero attached hydrogens (tertiary/aromatic N) is 1. The first kappa shape index (κ1) is 32.3. The highest BCUT2D eigenvalue weighted by Gasteiger charge is 2.38. The van der Waals surface area contributed by atoms with E-state index in [2.05, 4.69) is 39.3 Å². The fourth-order valence-corrected chi connectivity index (χ4v) is 11.3. The maximum Gasteiger partial charge on any atom is 0.277 e. The standard InChI is InChI=1S/C30H45NO5S2Si2/c1-10-11-22-37(32,33)36-38(28-20-18-25(19-21-28)31(2)3,29-16-12-14-26(23-29)34-39(4,5)6)30-17-13-15-27(24-30)35-40(7,8)9/h12-21,23-24H,10-11,22H2,1-9H3. The van der Waals surface area contributed by atoms with Crippen LogP contribution in [-0.4, -0.2) is 44.9 Å². The normalized spacial score (nSPS) is 13.1. The summed E-state index contributed by atoms with van der Waals surface area (Å²) in [5.41, 5.74) is 1.01. The third-order valence-corrected chi connectivity index (χ3v) is 12.7. The number of hydrogen-bond acceptors (Lipinski definition) is 6. The molecule has 40 heavy (non-hydrogen) atoms. The first-order chi connectivity index (χ1) is 18.5. The van der Waals surface area contributed by atoms with Crippen LogP contribution in [-0.2, 0) is 13.7 Å². The Morgan fingerprint density at radius 1 is 0.700 bits per heavy atom. The number of hydrogen-bond donors (Lipinski definition) is 0. The van der Waals surface area contributed by atoms with E-state index in [4.69, 9.17) is 12.5 Å². The Morgan fingerprint density at radius 2 is 1.18 bits per heavy atom. The van der Waals surface area contributed by atoms with Crippen molar-refractivity contribution in [3.05, 3.63) is 72.8 Å². The van der Waals surface area contributed by atoms with Gasteiger partial charge < -0.3 is 13.8 Å². The Bertz CT molecular complexity index is 1320. The summed E-state index contributed by atoms with van der Waals surface area (Å²) in [6, 6.07) is 23.5. The Labute approximate surface area is 245 Å². The minimum atomic E-state index is -3.91. The van der Waals surface area contributed by atoms with Crippen LogP contribution in [0.3, 0.4) is 0 Å². The van der Waals surface area contributed by atoms with E-state index in [-0.39, 0.29) is 5.75 Å². The summed E-state index contributed by atoms with van der Waals surface area (Å²) in [7, 11) is -6.56. The molecule has 0 amide bonds. The summed E-state index contributed by atoms with van der Waals surface area (Å²) in [5.74, 6) is 1.37. The van der Waals surface area contributed by atoms with Gasteiger partial charge in [-0.2, -0.15) is 8.42 Å². The van der Waals surface area contributed by atoms with Gasteiger partial charge in [0.1, 0.15) is 11.5 Å². The van der Waals surface area contributed by atoms with E-state index in [9.17, 15) is 8.42 Å². The molecule has 0 saturated carbocycles. The van der Waals surface area contributed by atoms with Gasteiger partial charge >= 0.3 is 0 Å². The molecule has 0 unspecified atom stereocenters. The molecule has 3 aromatic carbocycles. The first-order valence-corrected chi connectivity index (χ1v) is 23.6. The van der Waals surface area contributed by atoms with Crippen LogP contribution in [0.4, 0.5) is 5.69 Å². The van der Waals surface area contributed by atoms with Gasteiger partial charge in [-0.15, -0.1) is 0 Å². The van der Waals surface area contributed by atoms with E-state index < -0.39 is 37.1 Å². The second kappa shape index (κ2) is 12.7. The third-order valence-electron chi connectivity index (χ3n) is 5.76. The third kappa shape index (κ3) is 8.63. The SMILES string of the molecule is CCCCS(=O)(=O)OS(c1ccc(N(C)C)cc1)(c1cccc(O[Si](C)(C)C)c1)c1cccc(O[Si](C)(C)C)c1. The lowest BCUT2D eigenvalue weighted by atomic mass is 10.3. The van der Waals surface area contributed by atoms with Crippen molar-refractivity contribution in [1.29, 1.82) is 0 Å². The largest absolute Gasteiger partial charge is 0.544 e. The second-order valence-electron chi connectivity index (χ2n) is 12.0. The molecular weight excluding hydrogens is 575 g/mol. The molecule has 0 radical (unpaired) electrons. The van der Waals surface area contributed by atoms with Crippen molar-refractivity contribution in [3.8, 4) is 11.5 Å². The zero-order chi connectivity index (χ0) is 29.8. The van der Waals surface area contributed by atoms with Crippen LogP contribution in [0.2, 0.25) is 39.3 Å². The molecule has 0 aliphatic carbocycles. The maximum absolute atomic E-state index is 13.7. The quantitative estimate of drug-likeness (QED) is 0.179. The molecule has 0 fully saturated rings. The van der Waals surface area contributed by atoms with E-state index in [1.165, 1.54) is 0 Å². The van der Waals surface area contributed by atoms with Gasteiger partial charge in [0.2, 0.25) is 16.6 Å². The van der Waals surface area contributed by atoms with E-state index in [0.717, 1.165) is 26.8 Å². The number of anilines is 1. The molecular formula is C30H45NO5S2Si2. The molecule has 0 heterocycles. The van der Waals surface area contributed by atoms with Crippen molar-refractivity contribution in [2.75, 3.05) is 24.7 Å². The molecule has 0 aliphatic rings. The first-order valence-electron chi connectivity index (χ1n) is 13.7. The molecule has 0 bridgehead atoms. The summed E-state index contributed by atoms with van der Waals surface area (Å²) >= 11 is 0. The predicted molar refractivity (Wildman–Crippen MR) is 174 cm³/mol. The van der Waals surface area contributed by atoms with Crippen LogP contribution in [0, 0.1) is 0 Å². The van der Waals surface area contributed by atoms with Gasteiger partial charge in [0.15, 0.2) is 0 Å². The van der Waals surface area contributed by atoms with Gasteiger partial charge in [-0.1, -0.05) is 25.5 Å². The van der Waals surface area contributed by atoms with E-state index in [0.29, 0.717) is 17.9 Å². The Hall–Kier alpha value is -2.25. The molecule has 0 saturated heterocycles. The van der Waals surface area contributed by atoms with Crippen LogP contribution in [0.15, 0.2) is 87.5 Å². The van der Waals surface area contributed by atoms with Crippen LogP contribution >= 0.6 is 10.3 Å². The Balaban J connectivity index is 2.38. The van der Waals surface area contributed by atoms with Crippen molar-refractivity contribution in [3.63, 3.8) is 0 Å². The monoisotopic (exact) mass is 619 g/mol. The minimum absolute atomic E-state index is 0.0514. The Morgan fingerprint density at radius 3 is 1.57 bits per heavy atom. The highest BCUT2D eigenvalue weighted by molar-refractivity contribution is 8.33. The van der Waals surface area contributed by atoms with E-state index >= 15 is 0 Å². The highest BCUT2D eigenvalue weighted by atomic mass is 32.3.